The Morgan fingerprint density at radius 1 is 1.33 bits per heavy atom. The number of imidazole rings is 1. The molecular formula is C11H10F3N3O. The molecule has 7 heteroatoms. The van der Waals surface area contributed by atoms with E-state index in [2.05, 4.69) is 9.72 Å². The molecule has 4 nitrogen and oxygen atoms in total. The summed E-state index contributed by atoms with van der Waals surface area (Å²) in [4.78, 5) is 4.02. The molecular weight excluding hydrogens is 247 g/mol. The molecule has 0 aliphatic carbocycles. The number of nitrogen functional groups attached to an aromatic ring is 1. The van der Waals surface area contributed by atoms with E-state index < -0.39 is 6.36 Å². The molecule has 0 bridgehead atoms. The molecule has 0 aliphatic heterocycles. The zero-order chi connectivity index (χ0) is 13.3. The molecule has 1 aromatic heterocycles. The van der Waals surface area contributed by atoms with Crippen molar-refractivity contribution in [3.63, 3.8) is 0 Å². The van der Waals surface area contributed by atoms with Gasteiger partial charge in [0, 0.05) is 12.6 Å². The van der Waals surface area contributed by atoms with Gasteiger partial charge in [0.25, 0.3) is 0 Å². The van der Waals surface area contributed by atoms with Crippen molar-refractivity contribution in [3.05, 3.63) is 30.6 Å². The maximum absolute atomic E-state index is 12.1. The van der Waals surface area contributed by atoms with E-state index in [1.54, 1.807) is 17.7 Å². The number of aromatic nitrogens is 2. The minimum atomic E-state index is -4.71. The average Bonchev–Trinajstić information content (AvgIpc) is 2.58. The summed E-state index contributed by atoms with van der Waals surface area (Å²) in [5.74, 6) is 0.0733. The highest BCUT2D eigenvalue weighted by Crippen LogP contribution is 2.29. The predicted molar refractivity (Wildman–Crippen MR) is 59.7 cm³/mol. The molecule has 0 radical (unpaired) electrons. The van der Waals surface area contributed by atoms with Gasteiger partial charge in [-0.3, -0.25) is 0 Å². The Hall–Kier alpha value is -2.18. The average molecular weight is 257 g/mol. The van der Waals surface area contributed by atoms with Crippen molar-refractivity contribution in [1.82, 2.24) is 9.55 Å². The third-order valence-corrected chi connectivity index (χ3v) is 2.32. The monoisotopic (exact) mass is 257 g/mol. The van der Waals surface area contributed by atoms with Crippen LogP contribution in [-0.2, 0) is 7.05 Å². The van der Waals surface area contributed by atoms with Crippen LogP contribution in [0, 0.1) is 0 Å². The minimum absolute atomic E-state index is 0.301. The smallest absolute Gasteiger partial charge is 0.406 e. The van der Waals surface area contributed by atoms with E-state index in [-0.39, 0.29) is 5.75 Å². The van der Waals surface area contributed by atoms with Crippen LogP contribution in [0.2, 0.25) is 0 Å². The van der Waals surface area contributed by atoms with E-state index in [1.165, 1.54) is 24.5 Å². The number of nitrogens with zero attached hydrogens (tertiary/aromatic N) is 2. The van der Waals surface area contributed by atoms with Gasteiger partial charge in [-0.2, -0.15) is 0 Å². The van der Waals surface area contributed by atoms with Crippen LogP contribution in [0.3, 0.4) is 0 Å². The van der Waals surface area contributed by atoms with E-state index >= 15 is 0 Å². The zero-order valence-electron chi connectivity index (χ0n) is 9.40. The van der Waals surface area contributed by atoms with Gasteiger partial charge in [0.05, 0.1) is 6.33 Å². The molecule has 0 fully saturated rings. The van der Waals surface area contributed by atoms with E-state index in [4.69, 9.17) is 5.73 Å². The van der Waals surface area contributed by atoms with Crippen LogP contribution in [-0.4, -0.2) is 15.9 Å². The lowest BCUT2D eigenvalue weighted by Gasteiger charge is -2.09. The molecule has 96 valence electrons. The number of hydrogen-bond donors (Lipinski definition) is 1. The Morgan fingerprint density at radius 2 is 2.06 bits per heavy atom. The molecule has 2 aromatic rings. The summed E-state index contributed by atoms with van der Waals surface area (Å²) in [5, 5.41) is 0. The number of benzene rings is 1. The topological polar surface area (TPSA) is 53.1 Å². The van der Waals surface area contributed by atoms with Gasteiger partial charge in [0.2, 0.25) is 0 Å². The van der Waals surface area contributed by atoms with Crippen LogP contribution in [0.1, 0.15) is 0 Å². The summed E-state index contributed by atoms with van der Waals surface area (Å²) in [7, 11) is 1.70. The Balaban J connectivity index is 2.36. The first-order valence-electron chi connectivity index (χ1n) is 5.00. The van der Waals surface area contributed by atoms with E-state index in [1.807, 2.05) is 0 Å². The molecule has 0 unspecified atom stereocenters. The fourth-order valence-corrected chi connectivity index (χ4v) is 1.50. The number of alkyl halides is 3. The molecule has 0 amide bonds. The molecule has 0 saturated carbocycles. The van der Waals surface area contributed by atoms with Gasteiger partial charge in [-0.25, -0.2) is 4.98 Å². The van der Waals surface area contributed by atoms with Gasteiger partial charge in [-0.1, -0.05) is 12.1 Å². The van der Waals surface area contributed by atoms with Crippen LogP contribution in [0.4, 0.5) is 19.0 Å². The number of hydrogen-bond acceptors (Lipinski definition) is 3. The first kappa shape index (κ1) is 12.3. The largest absolute Gasteiger partial charge is 0.573 e. The molecule has 0 spiro atoms. The summed E-state index contributed by atoms with van der Waals surface area (Å²) in [5.41, 5.74) is 6.64. The third kappa shape index (κ3) is 2.55. The molecule has 1 heterocycles. The van der Waals surface area contributed by atoms with Crippen LogP contribution in [0.5, 0.6) is 5.75 Å². The fraction of sp³-hybridized carbons (Fsp3) is 0.182. The summed E-state index contributed by atoms with van der Waals surface area (Å²) < 4.78 is 41.7. The van der Waals surface area contributed by atoms with Gasteiger partial charge in [-0.05, 0) is 12.1 Å². The zero-order valence-corrected chi connectivity index (χ0v) is 9.40. The Bertz CT molecular complexity index is 563. The van der Waals surface area contributed by atoms with E-state index in [0.29, 0.717) is 17.1 Å². The summed E-state index contributed by atoms with van der Waals surface area (Å²) in [6.45, 7) is 0. The third-order valence-electron chi connectivity index (χ3n) is 2.32. The van der Waals surface area contributed by atoms with E-state index in [9.17, 15) is 13.2 Å². The highest BCUT2D eigenvalue weighted by molar-refractivity contribution is 5.71. The number of anilines is 1. The summed E-state index contributed by atoms with van der Waals surface area (Å²) >= 11 is 0. The first-order chi connectivity index (χ1) is 8.37. The second kappa shape index (κ2) is 4.25. The Morgan fingerprint density at radius 3 is 2.61 bits per heavy atom. The van der Waals surface area contributed by atoms with Crippen molar-refractivity contribution < 1.29 is 17.9 Å². The number of aryl methyl sites for hydroxylation is 1. The van der Waals surface area contributed by atoms with Gasteiger partial charge in [0.1, 0.15) is 17.3 Å². The predicted octanol–water partition coefficient (Wildman–Crippen LogP) is 2.57. The molecule has 0 saturated heterocycles. The second-order valence-electron chi connectivity index (χ2n) is 3.66. The number of nitrogens with two attached hydrogens (primary N) is 1. The standard InChI is InChI=1S/C11H10F3N3O/c1-17-6-16-9(10(17)15)7-3-2-4-8(5-7)18-11(12,13)14/h2-6H,15H2,1H3. The molecule has 2 N–H and O–H groups in total. The van der Waals surface area contributed by atoms with Crippen molar-refractivity contribution in [2.45, 2.75) is 6.36 Å². The molecule has 18 heavy (non-hydrogen) atoms. The maximum Gasteiger partial charge on any atom is 0.573 e. The van der Waals surface area contributed by atoms with Crippen LogP contribution < -0.4 is 10.5 Å². The number of ether oxygens (including phenoxy) is 1. The lowest BCUT2D eigenvalue weighted by molar-refractivity contribution is -0.274. The Kier molecular flexibility index (Phi) is 2.90. The van der Waals surface area contributed by atoms with Crippen LogP contribution >= 0.6 is 0 Å². The lowest BCUT2D eigenvalue weighted by Crippen LogP contribution is -2.17. The van der Waals surface area contributed by atoms with Crippen molar-refractivity contribution in [1.29, 1.82) is 0 Å². The molecule has 0 aliphatic rings. The highest BCUT2D eigenvalue weighted by atomic mass is 19.4. The van der Waals surface area contributed by atoms with Gasteiger partial charge in [0.15, 0.2) is 0 Å². The number of rotatable bonds is 2. The Labute approximate surface area is 101 Å². The van der Waals surface area contributed by atoms with Crippen LogP contribution in [0.15, 0.2) is 30.6 Å². The second-order valence-corrected chi connectivity index (χ2v) is 3.66. The van der Waals surface area contributed by atoms with Crippen molar-refractivity contribution >= 4 is 5.82 Å². The van der Waals surface area contributed by atoms with Crippen molar-refractivity contribution in [3.8, 4) is 17.0 Å². The van der Waals surface area contributed by atoms with Gasteiger partial charge < -0.3 is 15.0 Å². The highest BCUT2D eigenvalue weighted by Gasteiger charge is 2.31. The lowest BCUT2D eigenvalue weighted by atomic mass is 10.1. The SMILES string of the molecule is Cn1cnc(-c2cccc(OC(F)(F)F)c2)c1N. The minimum Gasteiger partial charge on any atom is -0.406 e. The molecule has 0 atom stereocenters. The van der Waals surface area contributed by atoms with Gasteiger partial charge in [-0.15, -0.1) is 13.2 Å². The number of halogens is 3. The summed E-state index contributed by atoms with van der Waals surface area (Å²) in [6.07, 6.45) is -3.23. The van der Waals surface area contributed by atoms with Crippen molar-refractivity contribution in [2.75, 3.05) is 5.73 Å². The van der Waals surface area contributed by atoms with E-state index in [0.717, 1.165) is 0 Å². The van der Waals surface area contributed by atoms with Crippen LogP contribution in [0.25, 0.3) is 11.3 Å². The van der Waals surface area contributed by atoms with Crippen molar-refractivity contribution in [2.24, 2.45) is 7.05 Å². The molecule has 1 aromatic carbocycles. The quantitative estimate of drug-likeness (QED) is 0.899. The van der Waals surface area contributed by atoms with Gasteiger partial charge >= 0.3 is 6.36 Å². The fourth-order valence-electron chi connectivity index (χ4n) is 1.50. The molecule has 2 rings (SSSR count). The normalized spacial score (nSPS) is 11.6. The first-order valence-corrected chi connectivity index (χ1v) is 5.00. The maximum atomic E-state index is 12.1. The summed E-state index contributed by atoms with van der Waals surface area (Å²) in [6, 6.07) is 5.52.